The normalized spacial score (nSPS) is 16.5. The first-order valence-electron chi connectivity index (χ1n) is 9.86. The molecule has 1 atom stereocenters. The van der Waals surface area contributed by atoms with Crippen LogP contribution in [0.2, 0.25) is 0 Å². The minimum Gasteiger partial charge on any atom is -0.494 e. The number of unbranched alkanes of at least 4 members (excludes halogenated alkanes) is 1. The van der Waals surface area contributed by atoms with Crippen molar-refractivity contribution in [1.29, 1.82) is 0 Å². The van der Waals surface area contributed by atoms with E-state index in [1.165, 1.54) is 31.3 Å². The molecule has 3 rings (SSSR count). The molecule has 166 valence electrons. The van der Waals surface area contributed by atoms with Gasteiger partial charge in [0.1, 0.15) is 28.4 Å². The summed E-state index contributed by atoms with van der Waals surface area (Å²) in [6, 6.07) is 11.5. The molecule has 1 N–H and O–H groups in total. The van der Waals surface area contributed by atoms with Crippen LogP contribution >= 0.6 is 15.9 Å². The summed E-state index contributed by atoms with van der Waals surface area (Å²) < 4.78 is 38.1. The molecule has 0 radical (unpaired) electrons. The zero-order valence-electron chi connectivity index (χ0n) is 17.6. The average molecular weight is 509 g/mol. The van der Waals surface area contributed by atoms with Gasteiger partial charge < -0.3 is 14.8 Å². The van der Waals surface area contributed by atoms with Crippen LogP contribution in [0.4, 0.5) is 5.69 Å². The Morgan fingerprint density at radius 1 is 1.06 bits per heavy atom. The average Bonchev–Trinajstić information content (AvgIpc) is 2.77. The van der Waals surface area contributed by atoms with E-state index in [-0.39, 0.29) is 9.92 Å². The Balaban J connectivity index is 2.09. The number of benzene rings is 2. The Morgan fingerprint density at radius 2 is 1.68 bits per heavy atom. The molecule has 0 aliphatic carbocycles. The van der Waals surface area contributed by atoms with E-state index in [0.717, 1.165) is 23.4 Å². The molecular formula is C22H25BrN2O5S. The van der Waals surface area contributed by atoms with E-state index in [2.05, 4.69) is 21.2 Å². The van der Waals surface area contributed by atoms with Gasteiger partial charge in [-0.15, -0.1) is 0 Å². The van der Waals surface area contributed by atoms with Gasteiger partial charge in [-0.25, -0.2) is 8.42 Å². The first kappa shape index (κ1) is 23.1. The molecule has 0 saturated heterocycles. The van der Waals surface area contributed by atoms with Crippen LogP contribution in [0.1, 0.15) is 26.2 Å². The van der Waals surface area contributed by atoms with Crippen molar-refractivity contribution >= 4 is 37.4 Å². The number of amides is 1. The summed E-state index contributed by atoms with van der Waals surface area (Å²) in [7, 11) is -0.859. The van der Waals surface area contributed by atoms with Crippen molar-refractivity contribution in [2.45, 2.75) is 37.2 Å². The standard InChI is InChI=1S/C22H25BrN2O5S/c1-4-5-9-19-24-20(31(27,28)16-12-10-15(23)11-13-16)14-21(26)25(19)22-17(29-2)7-6-8-18(22)30-3/h6-8,10-14,19,24H,4-5,9H2,1-3H3. The monoisotopic (exact) mass is 508 g/mol. The molecule has 2 aromatic carbocycles. The predicted octanol–water partition coefficient (Wildman–Crippen LogP) is 4.23. The van der Waals surface area contributed by atoms with Gasteiger partial charge in [0.2, 0.25) is 9.84 Å². The SMILES string of the molecule is CCCCC1NC(S(=O)(=O)c2ccc(Br)cc2)=CC(=O)N1c1c(OC)cccc1OC. The van der Waals surface area contributed by atoms with Crippen LogP contribution < -0.4 is 19.7 Å². The predicted molar refractivity (Wildman–Crippen MR) is 123 cm³/mol. The number of anilines is 1. The zero-order chi connectivity index (χ0) is 22.6. The number of sulfone groups is 1. The lowest BCUT2D eigenvalue weighted by molar-refractivity contribution is -0.115. The van der Waals surface area contributed by atoms with Crippen molar-refractivity contribution in [2.24, 2.45) is 0 Å². The first-order chi connectivity index (χ1) is 14.8. The highest BCUT2D eigenvalue weighted by atomic mass is 79.9. The van der Waals surface area contributed by atoms with Gasteiger partial charge in [0.15, 0.2) is 0 Å². The number of ether oxygens (including phenoxy) is 2. The van der Waals surface area contributed by atoms with Crippen molar-refractivity contribution in [1.82, 2.24) is 5.32 Å². The van der Waals surface area contributed by atoms with Crippen molar-refractivity contribution < 1.29 is 22.7 Å². The summed E-state index contributed by atoms with van der Waals surface area (Å²) >= 11 is 3.31. The Labute approximate surface area is 191 Å². The smallest absolute Gasteiger partial charge is 0.255 e. The number of hydrogen-bond donors (Lipinski definition) is 1. The Kier molecular flexibility index (Phi) is 7.27. The zero-order valence-corrected chi connectivity index (χ0v) is 20.0. The van der Waals surface area contributed by atoms with Crippen LogP contribution in [0, 0.1) is 0 Å². The molecule has 9 heteroatoms. The first-order valence-corrected chi connectivity index (χ1v) is 12.1. The number of para-hydroxylation sites is 1. The number of nitrogens with zero attached hydrogens (tertiary/aromatic N) is 1. The third-order valence-corrected chi connectivity index (χ3v) is 7.24. The fourth-order valence-corrected chi connectivity index (χ4v) is 5.00. The number of halogens is 1. The van der Waals surface area contributed by atoms with Gasteiger partial charge in [-0.1, -0.05) is 35.3 Å². The van der Waals surface area contributed by atoms with Crippen LogP contribution in [0.3, 0.4) is 0 Å². The Morgan fingerprint density at radius 3 is 2.23 bits per heavy atom. The summed E-state index contributed by atoms with van der Waals surface area (Å²) in [5.74, 6) is 0.463. The van der Waals surface area contributed by atoms with Gasteiger partial charge in [-0.05, 0) is 49.2 Å². The maximum absolute atomic E-state index is 13.3. The van der Waals surface area contributed by atoms with E-state index in [9.17, 15) is 13.2 Å². The Hall–Kier alpha value is -2.52. The lowest BCUT2D eigenvalue weighted by atomic mass is 10.1. The number of carbonyl (C=O) groups is 1. The maximum Gasteiger partial charge on any atom is 0.255 e. The maximum atomic E-state index is 13.3. The second-order valence-corrected chi connectivity index (χ2v) is 9.82. The van der Waals surface area contributed by atoms with Crippen LogP contribution in [-0.2, 0) is 14.6 Å². The second kappa shape index (κ2) is 9.74. The lowest BCUT2D eigenvalue weighted by Gasteiger charge is -2.37. The number of nitrogens with one attached hydrogen (secondary N) is 1. The van der Waals surface area contributed by atoms with Crippen molar-refractivity contribution in [2.75, 3.05) is 19.1 Å². The summed E-state index contributed by atoms with van der Waals surface area (Å²) in [6.07, 6.45) is 2.78. The number of rotatable bonds is 8. The van der Waals surface area contributed by atoms with Crippen LogP contribution in [0.5, 0.6) is 11.5 Å². The third-order valence-electron chi connectivity index (χ3n) is 5.00. The van der Waals surface area contributed by atoms with E-state index in [4.69, 9.17) is 9.47 Å². The number of carbonyl (C=O) groups excluding carboxylic acids is 1. The third kappa shape index (κ3) is 4.72. The molecule has 0 saturated carbocycles. The van der Waals surface area contributed by atoms with Crippen molar-refractivity contribution in [3.8, 4) is 11.5 Å². The van der Waals surface area contributed by atoms with Gasteiger partial charge in [0.05, 0.1) is 19.1 Å². The van der Waals surface area contributed by atoms with Crippen LogP contribution in [0.25, 0.3) is 0 Å². The summed E-state index contributed by atoms with van der Waals surface area (Å²) in [6.45, 7) is 2.04. The Bertz CT molecular complexity index is 1060. The van der Waals surface area contributed by atoms with E-state index < -0.39 is 21.9 Å². The van der Waals surface area contributed by atoms with E-state index >= 15 is 0 Å². The molecule has 1 aliphatic rings. The van der Waals surface area contributed by atoms with Crippen LogP contribution in [0.15, 0.2) is 62.9 Å². The van der Waals surface area contributed by atoms with E-state index in [0.29, 0.717) is 23.6 Å². The molecular weight excluding hydrogens is 484 g/mol. The topological polar surface area (TPSA) is 84.9 Å². The van der Waals surface area contributed by atoms with Crippen LogP contribution in [-0.4, -0.2) is 34.7 Å². The summed E-state index contributed by atoms with van der Waals surface area (Å²) in [5, 5.41) is 2.96. The number of hydrogen-bond acceptors (Lipinski definition) is 6. The molecule has 1 aliphatic heterocycles. The molecule has 0 aromatic heterocycles. The molecule has 0 spiro atoms. The fraction of sp³-hybridized carbons (Fsp3) is 0.318. The molecule has 1 heterocycles. The van der Waals surface area contributed by atoms with Gasteiger partial charge >= 0.3 is 0 Å². The van der Waals surface area contributed by atoms with E-state index in [1.807, 2.05) is 6.92 Å². The summed E-state index contributed by atoms with van der Waals surface area (Å²) in [4.78, 5) is 14.9. The van der Waals surface area contributed by atoms with Gasteiger partial charge in [0, 0.05) is 10.5 Å². The van der Waals surface area contributed by atoms with Gasteiger partial charge in [0.25, 0.3) is 5.91 Å². The highest BCUT2D eigenvalue weighted by Gasteiger charge is 2.37. The minimum absolute atomic E-state index is 0.111. The molecule has 7 nitrogen and oxygen atoms in total. The molecule has 31 heavy (non-hydrogen) atoms. The highest BCUT2D eigenvalue weighted by molar-refractivity contribution is 9.10. The molecule has 1 unspecified atom stereocenters. The molecule has 0 bridgehead atoms. The van der Waals surface area contributed by atoms with Gasteiger partial charge in [-0.3, -0.25) is 9.69 Å². The largest absolute Gasteiger partial charge is 0.494 e. The molecule has 1 amide bonds. The molecule has 2 aromatic rings. The highest BCUT2D eigenvalue weighted by Crippen LogP contribution is 2.40. The second-order valence-electron chi connectivity index (χ2n) is 6.99. The van der Waals surface area contributed by atoms with Crippen molar-refractivity contribution in [3.05, 3.63) is 58.0 Å². The number of methoxy groups -OCH3 is 2. The van der Waals surface area contributed by atoms with E-state index in [1.54, 1.807) is 30.3 Å². The quantitative estimate of drug-likeness (QED) is 0.574. The van der Waals surface area contributed by atoms with Crippen molar-refractivity contribution in [3.63, 3.8) is 0 Å². The summed E-state index contributed by atoms with van der Waals surface area (Å²) in [5.41, 5.74) is 0.461. The fourth-order valence-electron chi connectivity index (χ4n) is 3.44. The van der Waals surface area contributed by atoms with Gasteiger partial charge in [-0.2, -0.15) is 0 Å². The minimum atomic E-state index is -3.89. The lowest BCUT2D eigenvalue weighted by Crippen LogP contribution is -2.53. The molecule has 0 fully saturated rings.